The second kappa shape index (κ2) is 4.46. The minimum absolute atomic E-state index is 1.29. The summed E-state index contributed by atoms with van der Waals surface area (Å²) in [6.45, 7) is 2.16. The molecule has 0 unspecified atom stereocenters. The average Bonchev–Trinajstić information content (AvgIpc) is 2.86. The number of benzene rings is 3. The molecular formula is C19H14S. The van der Waals surface area contributed by atoms with Crippen molar-refractivity contribution in [2.24, 2.45) is 0 Å². The topological polar surface area (TPSA) is 0 Å². The van der Waals surface area contributed by atoms with Crippen molar-refractivity contribution < 1.29 is 0 Å². The number of hydrogen-bond donors (Lipinski definition) is 0. The smallest absolute Gasteiger partial charge is 0.0433 e. The lowest BCUT2D eigenvalue weighted by Gasteiger charge is -2.02. The SMILES string of the molecule is Cc1ccc2sc3c(-c4ccccc4)cccc3c2c1. The standard InChI is InChI=1S/C19H14S/c1-13-10-11-18-17(12-13)16-9-5-8-15(19(16)20-18)14-6-3-2-4-7-14/h2-12H,1H3. The summed E-state index contributed by atoms with van der Waals surface area (Å²) in [5, 5.41) is 2.75. The number of hydrogen-bond acceptors (Lipinski definition) is 1. The summed E-state index contributed by atoms with van der Waals surface area (Å²) < 4.78 is 2.76. The molecule has 1 heterocycles. The van der Waals surface area contributed by atoms with E-state index in [0.717, 1.165) is 0 Å². The van der Waals surface area contributed by atoms with Gasteiger partial charge in [-0.1, -0.05) is 60.2 Å². The van der Waals surface area contributed by atoms with Crippen LogP contribution in [0.3, 0.4) is 0 Å². The third-order valence-corrected chi connectivity index (χ3v) is 4.96. The van der Waals surface area contributed by atoms with Gasteiger partial charge in [-0.3, -0.25) is 0 Å². The highest BCUT2D eigenvalue weighted by molar-refractivity contribution is 7.26. The molecule has 0 atom stereocenters. The van der Waals surface area contributed by atoms with Crippen LogP contribution >= 0.6 is 11.3 Å². The van der Waals surface area contributed by atoms with Gasteiger partial charge in [-0.25, -0.2) is 0 Å². The predicted molar refractivity (Wildman–Crippen MR) is 89.5 cm³/mol. The Hall–Kier alpha value is -2.12. The first-order chi connectivity index (χ1) is 9.83. The second-order valence-corrected chi connectivity index (χ2v) is 6.20. The fraction of sp³-hybridized carbons (Fsp3) is 0.0526. The monoisotopic (exact) mass is 274 g/mol. The Morgan fingerprint density at radius 3 is 2.45 bits per heavy atom. The molecule has 0 spiro atoms. The molecule has 0 nitrogen and oxygen atoms in total. The minimum Gasteiger partial charge on any atom is -0.135 e. The number of rotatable bonds is 1. The van der Waals surface area contributed by atoms with E-state index in [4.69, 9.17) is 0 Å². The quantitative estimate of drug-likeness (QED) is 0.397. The van der Waals surface area contributed by atoms with Crippen LogP contribution in [0.1, 0.15) is 5.56 Å². The van der Waals surface area contributed by atoms with Crippen molar-refractivity contribution in [2.45, 2.75) is 6.92 Å². The zero-order valence-electron chi connectivity index (χ0n) is 11.3. The molecule has 0 radical (unpaired) electrons. The molecule has 1 heteroatoms. The number of aryl methyl sites for hydroxylation is 1. The zero-order chi connectivity index (χ0) is 13.5. The van der Waals surface area contributed by atoms with Crippen LogP contribution in [0.5, 0.6) is 0 Å². The summed E-state index contributed by atoms with van der Waals surface area (Å²) in [6, 6.07) is 24.0. The van der Waals surface area contributed by atoms with Crippen molar-refractivity contribution in [1.29, 1.82) is 0 Å². The van der Waals surface area contributed by atoms with Gasteiger partial charge in [-0.15, -0.1) is 11.3 Å². The van der Waals surface area contributed by atoms with Crippen molar-refractivity contribution in [3.63, 3.8) is 0 Å². The van der Waals surface area contributed by atoms with Crippen LogP contribution < -0.4 is 0 Å². The van der Waals surface area contributed by atoms with Crippen LogP contribution in [-0.4, -0.2) is 0 Å². The van der Waals surface area contributed by atoms with Crippen LogP contribution in [-0.2, 0) is 0 Å². The van der Waals surface area contributed by atoms with Gasteiger partial charge in [0.15, 0.2) is 0 Å². The van der Waals surface area contributed by atoms with Crippen molar-refractivity contribution >= 4 is 31.5 Å². The lowest BCUT2D eigenvalue weighted by molar-refractivity contribution is 1.52. The normalized spacial score (nSPS) is 11.2. The van der Waals surface area contributed by atoms with Crippen LogP contribution in [0.25, 0.3) is 31.3 Å². The fourth-order valence-corrected chi connectivity index (χ4v) is 3.98. The van der Waals surface area contributed by atoms with Crippen molar-refractivity contribution in [1.82, 2.24) is 0 Å². The highest BCUT2D eigenvalue weighted by Gasteiger charge is 2.09. The van der Waals surface area contributed by atoms with Gasteiger partial charge in [-0.2, -0.15) is 0 Å². The van der Waals surface area contributed by atoms with E-state index >= 15 is 0 Å². The first kappa shape index (κ1) is 11.7. The average molecular weight is 274 g/mol. The van der Waals surface area contributed by atoms with E-state index < -0.39 is 0 Å². The fourth-order valence-electron chi connectivity index (χ4n) is 2.76. The van der Waals surface area contributed by atoms with Crippen molar-refractivity contribution in [2.75, 3.05) is 0 Å². The third kappa shape index (κ3) is 1.75. The van der Waals surface area contributed by atoms with Gasteiger partial charge < -0.3 is 0 Å². The molecule has 0 aliphatic carbocycles. The maximum Gasteiger partial charge on any atom is 0.0433 e. The van der Waals surface area contributed by atoms with Gasteiger partial charge in [0.2, 0.25) is 0 Å². The maximum atomic E-state index is 2.29. The molecule has 0 amide bonds. The first-order valence-electron chi connectivity index (χ1n) is 6.80. The molecule has 4 rings (SSSR count). The van der Waals surface area contributed by atoms with E-state index in [-0.39, 0.29) is 0 Å². The molecule has 96 valence electrons. The summed E-state index contributed by atoms with van der Waals surface area (Å²) in [5.74, 6) is 0. The van der Waals surface area contributed by atoms with E-state index in [1.165, 1.54) is 36.9 Å². The predicted octanol–water partition coefficient (Wildman–Crippen LogP) is 6.03. The highest BCUT2D eigenvalue weighted by atomic mass is 32.1. The van der Waals surface area contributed by atoms with Gasteiger partial charge >= 0.3 is 0 Å². The third-order valence-electron chi connectivity index (χ3n) is 3.74. The maximum absolute atomic E-state index is 2.29. The summed E-state index contributed by atoms with van der Waals surface area (Å²) in [6.07, 6.45) is 0. The van der Waals surface area contributed by atoms with E-state index in [1.807, 2.05) is 11.3 Å². The van der Waals surface area contributed by atoms with E-state index in [0.29, 0.717) is 0 Å². The van der Waals surface area contributed by atoms with E-state index in [9.17, 15) is 0 Å². The van der Waals surface area contributed by atoms with Gasteiger partial charge in [0.1, 0.15) is 0 Å². The van der Waals surface area contributed by atoms with Gasteiger partial charge in [0.05, 0.1) is 0 Å². The van der Waals surface area contributed by atoms with E-state index in [1.54, 1.807) is 0 Å². The molecule has 4 aromatic rings. The molecule has 0 fully saturated rings. The Morgan fingerprint density at radius 2 is 1.60 bits per heavy atom. The van der Waals surface area contributed by atoms with Crippen LogP contribution in [0.15, 0.2) is 66.7 Å². The highest BCUT2D eigenvalue weighted by Crippen LogP contribution is 2.39. The number of fused-ring (bicyclic) bond motifs is 3. The molecular weight excluding hydrogens is 260 g/mol. The minimum atomic E-state index is 1.29. The van der Waals surface area contributed by atoms with Crippen molar-refractivity contribution in [3.05, 3.63) is 72.3 Å². The molecule has 20 heavy (non-hydrogen) atoms. The summed E-state index contributed by atoms with van der Waals surface area (Å²) >= 11 is 1.89. The van der Waals surface area contributed by atoms with Crippen LogP contribution in [0.4, 0.5) is 0 Å². The lowest BCUT2D eigenvalue weighted by Crippen LogP contribution is -1.77. The number of thiophene rings is 1. The summed E-state index contributed by atoms with van der Waals surface area (Å²) in [7, 11) is 0. The van der Waals surface area contributed by atoms with Gasteiger partial charge in [0, 0.05) is 20.2 Å². The Balaban J connectivity index is 2.11. The first-order valence-corrected chi connectivity index (χ1v) is 7.62. The Labute approximate surface area is 122 Å². The Morgan fingerprint density at radius 1 is 0.750 bits per heavy atom. The molecule has 0 N–H and O–H groups in total. The Bertz CT molecular complexity index is 901. The van der Waals surface area contributed by atoms with Crippen molar-refractivity contribution in [3.8, 4) is 11.1 Å². The molecule has 0 aliphatic rings. The van der Waals surface area contributed by atoms with Crippen LogP contribution in [0, 0.1) is 6.92 Å². The zero-order valence-corrected chi connectivity index (χ0v) is 12.1. The van der Waals surface area contributed by atoms with E-state index in [2.05, 4.69) is 73.7 Å². The van der Waals surface area contributed by atoms with Gasteiger partial charge in [-0.05, 0) is 30.2 Å². The second-order valence-electron chi connectivity index (χ2n) is 5.15. The summed E-state index contributed by atoms with van der Waals surface area (Å²) in [4.78, 5) is 0. The molecule has 0 bridgehead atoms. The Kier molecular flexibility index (Phi) is 2.61. The molecule has 0 aliphatic heterocycles. The lowest BCUT2D eigenvalue weighted by atomic mass is 10.0. The van der Waals surface area contributed by atoms with Gasteiger partial charge in [0.25, 0.3) is 0 Å². The summed E-state index contributed by atoms with van der Waals surface area (Å²) in [5.41, 5.74) is 3.95. The molecule has 3 aromatic carbocycles. The molecule has 0 saturated heterocycles. The largest absolute Gasteiger partial charge is 0.135 e. The molecule has 1 aromatic heterocycles. The molecule has 0 saturated carbocycles. The van der Waals surface area contributed by atoms with Crippen LogP contribution in [0.2, 0.25) is 0 Å².